The van der Waals surface area contributed by atoms with E-state index < -0.39 is 0 Å². The molecule has 2 fully saturated rings. The van der Waals surface area contributed by atoms with Crippen LogP contribution in [0.1, 0.15) is 12.8 Å². The summed E-state index contributed by atoms with van der Waals surface area (Å²) in [4.78, 5) is 25.6. The maximum Gasteiger partial charge on any atom is 0.225 e. The Hall–Kier alpha value is -1.73. The van der Waals surface area contributed by atoms with Crippen LogP contribution in [-0.2, 0) is 9.53 Å². The van der Waals surface area contributed by atoms with Crippen LogP contribution in [0.25, 0.3) is 0 Å². The Bertz CT molecular complexity index is 506. The number of anilines is 1. The number of nitrogens with zero attached hydrogens (tertiary/aromatic N) is 4. The summed E-state index contributed by atoms with van der Waals surface area (Å²) in [5, 5.41) is 2.80. The van der Waals surface area contributed by atoms with E-state index in [4.69, 9.17) is 4.74 Å². The van der Waals surface area contributed by atoms with Gasteiger partial charge in [0.1, 0.15) is 0 Å². The maximum absolute atomic E-state index is 12.3. The Morgan fingerprint density at radius 1 is 1.22 bits per heavy atom. The van der Waals surface area contributed by atoms with Crippen LogP contribution in [0, 0.1) is 5.92 Å². The van der Waals surface area contributed by atoms with Gasteiger partial charge in [0.15, 0.2) is 0 Å². The summed E-state index contributed by atoms with van der Waals surface area (Å²) >= 11 is 0. The first-order valence-electron chi connectivity index (χ1n) is 8.33. The molecule has 7 heteroatoms. The first-order chi connectivity index (χ1) is 11.3. The van der Waals surface area contributed by atoms with E-state index in [1.165, 1.54) is 0 Å². The quantitative estimate of drug-likeness (QED) is 0.855. The van der Waals surface area contributed by atoms with Gasteiger partial charge in [0, 0.05) is 64.9 Å². The summed E-state index contributed by atoms with van der Waals surface area (Å²) in [6.45, 7) is 4.84. The van der Waals surface area contributed by atoms with Gasteiger partial charge in [-0.1, -0.05) is 0 Å². The van der Waals surface area contributed by atoms with Crippen molar-refractivity contribution in [1.29, 1.82) is 0 Å². The monoisotopic (exact) mass is 319 g/mol. The van der Waals surface area contributed by atoms with Crippen molar-refractivity contribution in [2.24, 2.45) is 5.92 Å². The fourth-order valence-corrected chi connectivity index (χ4v) is 3.43. The van der Waals surface area contributed by atoms with Crippen molar-refractivity contribution < 1.29 is 9.53 Å². The third-order valence-electron chi connectivity index (χ3n) is 4.71. The van der Waals surface area contributed by atoms with Gasteiger partial charge in [-0.25, -0.2) is 9.97 Å². The highest BCUT2D eigenvalue weighted by molar-refractivity contribution is 5.79. The summed E-state index contributed by atoms with van der Waals surface area (Å²) in [5.41, 5.74) is 0. The van der Waals surface area contributed by atoms with E-state index in [9.17, 15) is 4.79 Å². The summed E-state index contributed by atoms with van der Waals surface area (Å²) in [6.07, 6.45) is 5.58. The average Bonchev–Trinajstić information content (AvgIpc) is 2.86. The van der Waals surface area contributed by atoms with E-state index in [1.54, 1.807) is 19.4 Å². The van der Waals surface area contributed by atoms with Crippen molar-refractivity contribution in [3.8, 4) is 0 Å². The lowest BCUT2D eigenvalue weighted by molar-refractivity contribution is -0.124. The average molecular weight is 319 g/mol. The van der Waals surface area contributed by atoms with Gasteiger partial charge in [0.25, 0.3) is 0 Å². The van der Waals surface area contributed by atoms with Crippen molar-refractivity contribution in [1.82, 2.24) is 20.2 Å². The zero-order chi connectivity index (χ0) is 16.1. The molecule has 3 rings (SSSR count). The van der Waals surface area contributed by atoms with Crippen LogP contribution in [0.4, 0.5) is 5.95 Å². The Morgan fingerprint density at radius 2 is 1.96 bits per heavy atom. The van der Waals surface area contributed by atoms with Gasteiger partial charge in [-0.05, 0) is 18.9 Å². The minimum atomic E-state index is -0.0749. The van der Waals surface area contributed by atoms with Crippen molar-refractivity contribution in [2.75, 3.05) is 51.3 Å². The smallest absolute Gasteiger partial charge is 0.225 e. The van der Waals surface area contributed by atoms with Crippen molar-refractivity contribution in [2.45, 2.75) is 18.9 Å². The van der Waals surface area contributed by atoms with Gasteiger partial charge < -0.3 is 15.0 Å². The lowest BCUT2D eigenvalue weighted by Gasteiger charge is -2.34. The predicted molar refractivity (Wildman–Crippen MR) is 87.2 cm³/mol. The molecule has 2 saturated heterocycles. The number of nitrogens with one attached hydrogen (secondary N) is 1. The van der Waals surface area contributed by atoms with Crippen LogP contribution < -0.4 is 10.2 Å². The van der Waals surface area contributed by atoms with E-state index >= 15 is 0 Å². The Kier molecular flexibility index (Phi) is 5.40. The SMILES string of the molecule is CNC(=O)[C@@H]1CN(c2ncccn2)CCN(C2CCOCC2)C1. The lowest BCUT2D eigenvalue weighted by atomic mass is 10.0. The molecule has 2 aliphatic rings. The second-order valence-corrected chi connectivity index (χ2v) is 6.14. The Labute approximate surface area is 137 Å². The molecule has 0 bridgehead atoms. The second kappa shape index (κ2) is 7.70. The summed E-state index contributed by atoms with van der Waals surface area (Å²) < 4.78 is 5.47. The number of carbonyl (C=O) groups excluding carboxylic acids is 1. The first kappa shape index (κ1) is 16.1. The fourth-order valence-electron chi connectivity index (χ4n) is 3.43. The number of hydrogen-bond acceptors (Lipinski definition) is 6. The van der Waals surface area contributed by atoms with Gasteiger partial charge in [-0.3, -0.25) is 9.69 Å². The molecule has 0 aromatic carbocycles. The molecule has 0 aliphatic carbocycles. The van der Waals surface area contributed by atoms with Crippen LogP contribution in [0.15, 0.2) is 18.5 Å². The predicted octanol–water partition coefficient (Wildman–Crippen LogP) is 0.140. The van der Waals surface area contributed by atoms with E-state index in [0.29, 0.717) is 18.5 Å². The van der Waals surface area contributed by atoms with Crippen molar-refractivity contribution >= 4 is 11.9 Å². The molecular weight excluding hydrogens is 294 g/mol. The number of amides is 1. The molecule has 2 aliphatic heterocycles. The summed E-state index contributed by atoms with van der Waals surface area (Å²) in [7, 11) is 1.70. The van der Waals surface area contributed by atoms with Gasteiger partial charge >= 0.3 is 0 Å². The number of ether oxygens (including phenoxy) is 1. The standard InChI is InChI=1S/C16H25N5O2/c1-17-15(22)13-11-20(14-3-9-23-10-4-14)7-8-21(12-13)16-18-5-2-6-19-16/h2,5-6,13-14H,3-4,7-12H2,1H3,(H,17,22)/t13-/m0/s1. The zero-order valence-corrected chi connectivity index (χ0v) is 13.6. The molecule has 3 heterocycles. The number of hydrogen-bond donors (Lipinski definition) is 1. The van der Waals surface area contributed by atoms with Crippen molar-refractivity contribution in [3.05, 3.63) is 18.5 Å². The summed E-state index contributed by atoms with van der Waals surface area (Å²) in [5.74, 6) is 0.717. The van der Waals surface area contributed by atoms with Gasteiger partial charge in [-0.2, -0.15) is 0 Å². The van der Waals surface area contributed by atoms with Crippen LogP contribution in [0.3, 0.4) is 0 Å². The second-order valence-electron chi connectivity index (χ2n) is 6.14. The maximum atomic E-state index is 12.3. The number of rotatable bonds is 3. The molecule has 1 N–H and O–H groups in total. The lowest BCUT2D eigenvalue weighted by Crippen LogP contribution is -2.45. The fraction of sp³-hybridized carbons (Fsp3) is 0.688. The van der Waals surface area contributed by atoms with Crippen LogP contribution >= 0.6 is 0 Å². The van der Waals surface area contributed by atoms with E-state index in [2.05, 4.69) is 25.1 Å². The molecule has 1 aromatic rings. The minimum absolute atomic E-state index is 0.0749. The highest BCUT2D eigenvalue weighted by Crippen LogP contribution is 2.21. The minimum Gasteiger partial charge on any atom is -0.381 e. The molecule has 1 aromatic heterocycles. The summed E-state index contributed by atoms with van der Waals surface area (Å²) in [6, 6.07) is 2.32. The van der Waals surface area contributed by atoms with Crippen LogP contribution in [0.2, 0.25) is 0 Å². The van der Waals surface area contributed by atoms with Crippen LogP contribution in [0.5, 0.6) is 0 Å². The molecule has 126 valence electrons. The number of aromatic nitrogens is 2. The highest BCUT2D eigenvalue weighted by Gasteiger charge is 2.32. The van der Waals surface area contributed by atoms with E-state index in [1.807, 2.05) is 6.07 Å². The molecule has 23 heavy (non-hydrogen) atoms. The molecule has 1 amide bonds. The molecule has 1 atom stereocenters. The molecule has 0 spiro atoms. The molecule has 0 saturated carbocycles. The molecule has 0 radical (unpaired) electrons. The zero-order valence-electron chi connectivity index (χ0n) is 13.6. The molecular formula is C16H25N5O2. The molecule has 0 unspecified atom stereocenters. The third-order valence-corrected chi connectivity index (χ3v) is 4.71. The van der Waals surface area contributed by atoms with Crippen LogP contribution in [-0.4, -0.2) is 73.3 Å². The Balaban J connectivity index is 1.75. The largest absolute Gasteiger partial charge is 0.381 e. The third kappa shape index (κ3) is 3.97. The van der Waals surface area contributed by atoms with Gasteiger partial charge in [0.2, 0.25) is 11.9 Å². The normalized spacial score (nSPS) is 24.2. The first-order valence-corrected chi connectivity index (χ1v) is 8.33. The van der Waals surface area contributed by atoms with Gasteiger partial charge in [0.05, 0.1) is 5.92 Å². The molecule has 7 nitrogen and oxygen atoms in total. The van der Waals surface area contributed by atoms with Crippen molar-refractivity contribution in [3.63, 3.8) is 0 Å². The van der Waals surface area contributed by atoms with E-state index in [0.717, 1.165) is 45.7 Å². The van der Waals surface area contributed by atoms with E-state index in [-0.39, 0.29) is 11.8 Å². The number of carbonyl (C=O) groups is 1. The topological polar surface area (TPSA) is 70.6 Å². The van der Waals surface area contributed by atoms with Gasteiger partial charge in [-0.15, -0.1) is 0 Å². The highest BCUT2D eigenvalue weighted by atomic mass is 16.5. The Morgan fingerprint density at radius 3 is 2.65 bits per heavy atom.